The molecule has 50 heavy (non-hydrogen) atoms. The van der Waals surface area contributed by atoms with Gasteiger partial charge in [-0.2, -0.15) is 16.9 Å². The summed E-state index contributed by atoms with van der Waals surface area (Å²) in [6, 6.07) is 15.3. The molecule has 0 spiro atoms. The second-order valence-electron chi connectivity index (χ2n) is 13.2. The van der Waals surface area contributed by atoms with Crippen LogP contribution in [-0.4, -0.2) is 99.0 Å². The summed E-state index contributed by atoms with van der Waals surface area (Å²) < 4.78 is 7.56. The van der Waals surface area contributed by atoms with Crippen molar-refractivity contribution >= 4 is 35.4 Å². The summed E-state index contributed by atoms with van der Waals surface area (Å²) in [5, 5.41) is 11.0. The van der Waals surface area contributed by atoms with Crippen molar-refractivity contribution in [1.29, 1.82) is 0 Å². The Hall–Kier alpha value is -4.39. The average molecular weight is 704 g/mol. The summed E-state index contributed by atoms with van der Waals surface area (Å²) in [4.78, 5) is 61.7. The van der Waals surface area contributed by atoms with E-state index in [1.54, 1.807) is 45.6 Å². The van der Waals surface area contributed by atoms with Crippen molar-refractivity contribution in [3.8, 4) is 17.1 Å². The molecule has 2 aliphatic heterocycles. The van der Waals surface area contributed by atoms with Gasteiger partial charge in [-0.1, -0.05) is 44.2 Å². The molecule has 1 unspecified atom stereocenters. The number of fused-ring (bicyclic) bond motifs is 1. The van der Waals surface area contributed by atoms with Gasteiger partial charge in [0.05, 0.1) is 12.6 Å². The first kappa shape index (κ1) is 36.9. The Kier molecular flexibility index (Phi) is 13.3. The number of carbonyl (C=O) groups excluding carboxylic acids is 4. The molecule has 5 rings (SSSR count). The second kappa shape index (κ2) is 18.0. The van der Waals surface area contributed by atoms with E-state index < -0.39 is 12.1 Å². The van der Waals surface area contributed by atoms with Crippen molar-refractivity contribution in [3.05, 3.63) is 66.0 Å². The minimum atomic E-state index is -0.697. The van der Waals surface area contributed by atoms with E-state index in [2.05, 4.69) is 10.6 Å². The largest absolute Gasteiger partial charge is 0.484 e. The number of thioether (sulfide) groups is 1. The highest BCUT2D eigenvalue weighted by Crippen LogP contribution is 2.25. The Morgan fingerprint density at radius 1 is 0.900 bits per heavy atom. The van der Waals surface area contributed by atoms with Gasteiger partial charge in [0.2, 0.25) is 11.8 Å². The molecular weight excluding hydrogens is 655 g/mol. The third-order valence-corrected chi connectivity index (χ3v) is 9.75. The number of hydrogen-bond donors (Lipinski definition) is 2. The van der Waals surface area contributed by atoms with Gasteiger partial charge < -0.3 is 25.2 Å². The van der Waals surface area contributed by atoms with Crippen LogP contribution in [0.2, 0.25) is 0 Å². The lowest BCUT2D eigenvalue weighted by atomic mass is 10.0. The molecule has 1 fully saturated rings. The van der Waals surface area contributed by atoms with Crippen LogP contribution in [0.3, 0.4) is 0 Å². The number of amides is 4. The van der Waals surface area contributed by atoms with Crippen LogP contribution >= 0.6 is 11.8 Å². The maximum atomic E-state index is 13.9. The quantitative estimate of drug-likeness (QED) is 0.336. The van der Waals surface area contributed by atoms with Crippen LogP contribution in [0.15, 0.2) is 54.6 Å². The van der Waals surface area contributed by atoms with E-state index in [9.17, 15) is 19.2 Å². The normalized spacial score (nSPS) is 19.3. The fourth-order valence-electron chi connectivity index (χ4n) is 6.23. The average Bonchev–Trinajstić information content (AvgIpc) is 3.56. The van der Waals surface area contributed by atoms with Gasteiger partial charge in [0.15, 0.2) is 18.3 Å². The van der Waals surface area contributed by atoms with E-state index in [1.165, 1.54) is 0 Å². The molecule has 268 valence electrons. The molecule has 12 nitrogen and oxygen atoms in total. The molecule has 0 bridgehead atoms. The SMILES string of the molecule is CSCC[C@@H]1NC(=O)CCCN(C(=O)c2ccc(OCC(=O)N3CCCCC3)cc2)CCn2nc(-c3ccccc3)nc2C(C(C)C)NC1=O. The molecule has 0 saturated carbocycles. The van der Waals surface area contributed by atoms with Crippen molar-refractivity contribution < 1.29 is 23.9 Å². The number of likely N-dealkylation sites (tertiary alicyclic amines) is 1. The van der Waals surface area contributed by atoms with Crippen LogP contribution in [0.1, 0.15) is 74.6 Å². The topological polar surface area (TPSA) is 139 Å². The number of aromatic nitrogens is 3. The Bertz CT molecular complexity index is 1590. The first-order valence-electron chi connectivity index (χ1n) is 17.6. The van der Waals surface area contributed by atoms with E-state index in [-0.39, 0.29) is 42.6 Å². The van der Waals surface area contributed by atoms with Gasteiger partial charge in [-0.3, -0.25) is 19.2 Å². The number of hydrogen-bond acceptors (Lipinski definition) is 8. The summed E-state index contributed by atoms with van der Waals surface area (Å²) in [7, 11) is 0. The van der Waals surface area contributed by atoms with E-state index in [0.717, 1.165) is 37.9 Å². The van der Waals surface area contributed by atoms with Crippen LogP contribution in [0, 0.1) is 5.92 Å². The first-order valence-corrected chi connectivity index (χ1v) is 19.0. The van der Waals surface area contributed by atoms with Crippen LogP contribution < -0.4 is 15.4 Å². The van der Waals surface area contributed by atoms with E-state index in [0.29, 0.717) is 61.2 Å². The second-order valence-corrected chi connectivity index (χ2v) is 14.2. The molecule has 4 amide bonds. The number of benzene rings is 2. The third kappa shape index (κ3) is 9.86. The molecule has 0 radical (unpaired) electrons. The number of nitrogens with one attached hydrogen (secondary N) is 2. The predicted molar refractivity (Wildman–Crippen MR) is 194 cm³/mol. The molecule has 3 heterocycles. The molecule has 2 aromatic carbocycles. The number of nitrogens with zero attached hydrogens (tertiary/aromatic N) is 5. The van der Waals surface area contributed by atoms with Gasteiger partial charge >= 0.3 is 0 Å². The van der Waals surface area contributed by atoms with Crippen molar-refractivity contribution in [1.82, 2.24) is 35.2 Å². The van der Waals surface area contributed by atoms with Gasteiger partial charge in [0.1, 0.15) is 11.8 Å². The Balaban J connectivity index is 1.38. The Labute approximate surface area is 298 Å². The maximum Gasteiger partial charge on any atom is 0.260 e. The van der Waals surface area contributed by atoms with Crippen LogP contribution in [-0.2, 0) is 20.9 Å². The number of rotatable bonds is 9. The minimum absolute atomic E-state index is 0.0301. The van der Waals surface area contributed by atoms with Gasteiger partial charge in [-0.05, 0) is 74.3 Å². The molecule has 3 aromatic rings. The maximum absolute atomic E-state index is 13.9. The number of ether oxygens (including phenoxy) is 1. The smallest absolute Gasteiger partial charge is 0.260 e. The summed E-state index contributed by atoms with van der Waals surface area (Å²) in [6.45, 7) is 6.49. The van der Waals surface area contributed by atoms with E-state index >= 15 is 0 Å². The predicted octanol–water partition coefficient (Wildman–Crippen LogP) is 4.32. The highest BCUT2D eigenvalue weighted by molar-refractivity contribution is 7.98. The highest BCUT2D eigenvalue weighted by atomic mass is 32.2. The number of carbonyl (C=O) groups is 4. The Morgan fingerprint density at radius 3 is 2.32 bits per heavy atom. The number of piperidine rings is 1. The monoisotopic (exact) mass is 703 g/mol. The van der Waals surface area contributed by atoms with Gasteiger partial charge in [0, 0.05) is 43.7 Å². The first-order chi connectivity index (χ1) is 24.2. The molecule has 1 saturated heterocycles. The zero-order valence-electron chi connectivity index (χ0n) is 29.3. The minimum Gasteiger partial charge on any atom is -0.484 e. The standard InChI is InChI=1S/C37H49N7O5S/c1-26(2)33-35-40-34(27-11-6-4-7-12-27)41-44(35)23-22-43(21-10-13-31(45)38-30(18-24-50-3)36(47)39-33)37(48)28-14-16-29(17-15-28)49-25-32(46)42-19-8-5-9-20-42/h4,6-7,11-12,14-17,26,30,33H,5,8-10,13,18-25H2,1-3H3,(H,38,45)(H,39,47)/t30-,33?/m0/s1. The van der Waals surface area contributed by atoms with Gasteiger partial charge in [-0.15, -0.1) is 0 Å². The van der Waals surface area contributed by atoms with Gasteiger partial charge in [0.25, 0.3) is 11.8 Å². The van der Waals surface area contributed by atoms with E-state index in [1.807, 2.05) is 55.3 Å². The lowest BCUT2D eigenvalue weighted by molar-refractivity contribution is -0.134. The lowest BCUT2D eigenvalue weighted by Crippen LogP contribution is -2.49. The van der Waals surface area contributed by atoms with Crippen LogP contribution in [0.4, 0.5) is 0 Å². The Morgan fingerprint density at radius 2 is 1.62 bits per heavy atom. The highest BCUT2D eigenvalue weighted by Gasteiger charge is 2.30. The zero-order valence-corrected chi connectivity index (χ0v) is 30.1. The summed E-state index contributed by atoms with van der Waals surface area (Å²) >= 11 is 1.62. The summed E-state index contributed by atoms with van der Waals surface area (Å²) in [5.74, 6) is 1.61. The molecule has 0 aliphatic carbocycles. The van der Waals surface area contributed by atoms with Crippen LogP contribution in [0.5, 0.6) is 5.75 Å². The third-order valence-electron chi connectivity index (χ3n) is 9.11. The molecule has 2 N–H and O–H groups in total. The van der Waals surface area contributed by atoms with Crippen molar-refractivity contribution in [2.45, 2.75) is 71.0 Å². The zero-order chi connectivity index (χ0) is 35.5. The van der Waals surface area contributed by atoms with Crippen LogP contribution in [0.25, 0.3) is 11.4 Å². The molecular formula is C37H49N7O5S. The molecule has 1 aromatic heterocycles. The van der Waals surface area contributed by atoms with Crippen molar-refractivity contribution in [2.75, 3.05) is 44.8 Å². The summed E-state index contributed by atoms with van der Waals surface area (Å²) in [5.41, 5.74) is 1.32. The van der Waals surface area contributed by atoms with E-state index in [4.69, 9.17) is 14.8 Å². The molecule has 13 heteroatoms. The van der Waals surface area contributed by atoms with Crippen molar-refractivity contribution in [2.24, 2.45) is 5.92 Å². The molecule has 2 atom stereocenters. The van der Waals surface area contributed by atoms with Gasteiger partial charge in [-0.25, -0.2) is 9.67 Å². The molecule has 2 aliphatic rings. The fraction of sp³-hybridized carbons (Fsp3) is 0.514. The fourth-order valence-corrected chi connectivity index (χ4v) is 6.70. The lowest BCUT2D eigenvalue weighted by Gasteiger charge is -2.28. The van der Waals surface area contributed by atoms with Crippen molar-refractivity contribution in [3.63, 3.8) is 0 Å². The summed E-state index contributed by atoms with van der Waals surface area (Å²) in [6.07, 6.45) is 6.23.